The second kappa shape index (κ2) is 6.52. The number of benzene rings is 2. The van der Waals surface area contributed by atoms with Gasteiger partial charge in [-0.1, -0.05) is 63.2 Å². The molecule has 0 amide bonds. The summed E-state index contributed by atoms with van der Waals surface area (Å²) in [5, 5.41) is 11.8. The van der Waals surface area contributed by atoms with E-state index in [-0.39, 0.29) is 10.7 Å². The van der Waals surface area contributed by atoms with Gasteiger partial charge in [0.1, 0.15) is 0 Å². The van der Waals surface area contributed by atoms with Gasteiger partial charge in [-0.25, -0.2) is 0 Å². The van der Waals surface area contributed by atoms with Crippen molar-refractivity contribution in [3.8, 4) is 0 Å². The highest BCUT2D eigenvalue weighted by Gasteiger charge is 2.22. The second-order valence-electron chi connectivity index (χ2n) is 6.30. The highest BCUT2D eigenvalue weighted by molar-refractivity contribution is 8.00. The first kappa shape index (κ1) is 15.9. The highest BCUT2D eigenvalue weighted by Crippen LogP contribution is 2.28. The van der Waals surface area contributed by atoms with Crippen LogP contribution in [-0.2, 0) is 11.2 Å². The Bertz CT molecular complexity index is 623. The third kappa shape index (κ3) is 4.50. The Morgan fingerprint density at radius 2 is 1.81 bits per heavy atom. The monoisotopic (exact) mass is 302 g/mol. The third-order valence-corrected chi connectivity index (χ3v) is 4.85. The Balaban J connectivity index is 2.21. The molecular formula is C18H22O2S. The Morgan fingerprint density at radius 1 is 1.14 bits per heavy atom. The van der Waals surface area contributed by atoms with Crippen molar-refractivity contribution in [1.82, 2.24) is 0 Å². The maximum atomic E-state index is 11.5. The molecule has 0 radical (unpaired) electrons. The van der Waals surface area contributed by atoms with Crippen LogP contribution in [0.1, 0.15) is 26.3 Å². The van der Waals surface area contributed by atoms with Crippen LogP contribution >= 0.6 is 11.8 Å². The van der Waals surface area contributed by atoms with Crippen LogP contribution in [0.3, 0.4) is 0 Å². The molecule has 0 unspecified atom stereocenters. The van der Waals surface area contributed by atoms with Crippen LogP contribution in [0.4, 0.5) is 0 Å². The first-order chi connectivity index (χ1) is 9.87. The molecule has 0 aromatic heterocycles. The van der Waals surface area contributed by atoms with Crippen molar-refractivity contribution in [2.45, 2.75) is 31.9 Å². The summed E-state index contributed by atoms with van der Waals surface area (Å²) in [7, 11) is 0. The van der Waals surface area contributed by atoms with Crippen molar-refractivity contribution in [2.75, 3.05) is 5.75 Å². The van der Waals surface area contributed by atoms with Crippen LogP contribution < -0.4 is 0 Å². The van der Waals surface area contributed by atoms with E-state index in [4.69, 9.17) is 0 Å². The van der Waals surface area contributed by atoms with Gasteiger partial charge in [0.15, 0.2) is 0 Å². The zero-order chi connectivity index (χ0) is 15.5. The molecule has 0 heterocycles. The summed E-state index contributed by atoms with van der Waals surface area (Å²) in [5.74, 6) is -0.415. The van der Waals surface area contributed by atoms with Gasteiger partial charge in [-0.15, -0.1) is 0 Å². The molecule has 2 aromatic carbocycles. The van der Waals surface area contributed by atoms with E-state index in [9.17, 15) is 9.90 Å². The number of carboxylic acid groups (broad SMARTS) is 1. The number of thioether (sulfide) groups is 1. The molecule has 0 bridgehead atoms. The number of hydrogen-bond donors (Lipinski definition) is 1. The molecule has 0 fully saturated rings. The molecule has 0 aliphatic heterocycles. The molecular weight excluding hydrogens is 280 g/mol. The van der Waals surface area contributed by atoms with Crippen LogP contribution in [0.2, 0.25) is 0 Å². The van der Waals surface area contributed by atoms with Gasteiger partial charge < -0.3 is 5.11 Å². The smallest absolute Gasteiger partial charge is 0.307 e. The number of carbonyl (C=O) groups is 1. The van der Waals surface area contributed by atoms with E-state index in [1.165, 1.54) is 5.39 Å². The van der Waals surface area contributed by atoms with Gasteiger partial charge in [0.05, 0.1) is 5.92 Å². The van der Waals surface area contributed by atoms with Gasteiger partial charge in [0.25, 0.3) is 0 Å². The van der Waals surface area contributed by atoms with E-state index in [1.807, 2.05) is 24.3 Å². The highest BCUT2D eigenvalue weighted by atomic mass is 32.2. The molecule has 1 N–H and O–H groups in total. The predicted molar refractivity (Wildman–Crippen MR) is 91.0 cm³/mol. The fraction of sp³-hybridized carbons (Fsp3) is 0.389. The van der Waals surface area contributed by atoms with Crippen molar-refractivity contribution in [2.24, 2.45) is 5.92 Å². The lowest BCUT2D eigenvalue weighted by Gasteiger charge is -2.21. The molecule has 21 heavy (non-hydrogen) atoms. The molecule has 3 heteroatoms. The SMILES string of the molecule is CC(C)(C)SC[C@H](Cc1cccc2ccccc12)C(=O)O. The average Bonchev–Trinajstić information content (AvgIpc) is 2.42. The lowest BCUT2D eigenvalue weighted by Crippen LogP contribution is -2.22. The normalized spacial score (nSPS) is 13.3. The predicted octanol–water partition coefficient (Wildman–Crippen LogP) is 4.61. The van der Waals surface area contributed by atoms with Crippen molar-refractivity contribution in [3.05, 3.63) is 48.0 Å². The summed E-state index contributed by atoms with van der Waals surface area (Å²) in [6.07, 6.45) is 0.583. The average molecular weight is 302 g/mol. The van der Waals surface area contributed by atoms with E-state index in [1.54, 1.807) is 11.8 Å². The summed E-state index contributed by atoms with van der Waals surface area (Å²) in [6.45, 7) is 6.36. The zero-order valence-corrected chi connectivity index (χ0v) is 13.6. The molecule has 0 spiro atoms. The summed E-state index contributed by atoms with van der Waals surface area (Å²) in [5.41, 5.74) is 1.12. The van der Waals surface area contributed by atoms with Crippen molar-refractivity contribution in [1.29, 1.82) is 0 Å². The van der Waals surface area contributed by atoms with Crippen molar-refractivity contribution in [3.63, 3.8) is 0 Å². The van der Waals surface area contributed by atoms with E-state index < -0.39 is 5.97 Å². The number of fused-ring (bicyclic) bond motifs is 1. The number of carboxylic acids is 1. The minimum absolute atomic E-state index is 0.0897. The standard InChI is InChI=1S/C18H22O2S/c1-18(2,3)21-12-15(17(19)20)11-14-9-6-8-13-7-4-5-10-16(13)14/h4-10,15H,11-12H2,1-3H3,(H,19,20)/t15-/m0/s1. The van der Waals surface area contributed by atoms with Crippen LogP contribution in [0, 0.1) is 5.92 Å². The number of hydrogen-bond acceptors (Lipinski definition) is 2. The summed E-state index contributed by atoms with van der Waals surface area (Å²) in [4.78, 5) is 11.5. The summed E-state index contributed by atoms with van der Waals surface area (Å²) in [6, 6.07) is 14.3. The first-order valence-electron chi connectivity index (χ1n) is 7.20. The lowest BCUT2D eigenvalue weighted by atomic mass is 9.96. The topological polar surface area (TPSA) is 37.3 Å². The van der Waals surface area contributed by atoms with Gasteiger partial charge >= 0.3 is 5.97 Å². The van der Waals surface area contributed by atoms with Gasteiger partial charge in [0.2, 0.25) is 0 Å². The molecule has 1 atom stereocenters. The molecule has 0 aliphatic carbocycles. The fourth-order valence-electron chi connectivity index (χ4n) is 2.30. The molecule has 0 saturated heterocycles. The van der Waals surface area contributed by atoms with Gasteiger partial charge in [-0.2, -0.15) is 11.8 Å². The quantitative estimate of drug-likeness (QED) is 0.876. The Morgan fingerprint density at radius 3 is 2.48 bits per heavy atom. The molecule has 2 rings (SSSR count). The van der Waals surface area contributed by atoms with Gasteiger partial charge in [0, 0.05) is 10.5 Å². The van der Waals surface area contributed by atoms with Crippen LogP contribution in [0.5, 0.6) is 0 Å². The Kier molecular flexibility index (Phi) is 4.94. The fourth-order valence-corrected chi connectivity index (χ4v) is 3.27. The minimum atomic E-state index is -0.709. The molecule has 0 saturated carbocycles. The largest absolute Gasteiger partial charge is 0.481 e. The van der Waals surface area contributed by atoms with Crippen molar-refractivity contribution >= 4 is 28.5 Å². The molecule has 2 aromatic rings. The Labute approximate surface area is 130 Å². The van der Waals surface area contributed by atoms with Crippen LogP contribution in [0.15, 0.2) is 42.5 Å². The number of rotatable bonds is 5. The summed E-state index contributed by atoms with van der Waals surface area (Å²) < 4.78 is 0.0897. The van der Waals surface area contributed by atoms with E-state index in [0.717, 1.165) is 10.9 Å². The zero-order valence-electron chi connectivity index (χ0n) is 12.8. The van der Waals surface area contributed by atoms with Crippen LogP contribution in [0.25, 0.3) is 10.8 Å². The van der Waals surface area contributed by atoms with E-state index >= 15 is 0 Å². The number of aliphatic carboxylic acids is 1. The Hall–Kier alpha value is -1.48. The van der Waals surface area contributed by atoms with Crippen LogP contribution in [-0.4, -0.2) is 21.6 Å². The summed E-state index contributed by atoms with van der Waals surface area (Å²) >= 11 is 1.71. The first-order valence-corrected chi connectivity index (χ1v) is 8.19. The van der Waals surface area contributed by atoms with Gasteiger partial charge in [-0.05, 0) is 22.8 Å². The van der Waals surface area contributed by atoms with E-state index in [2.05, 4.69) is 39.0 Å². The lowest BCUT2D eigenvalue weighted by molar-refractivity contribution is -0.140. The second-order valence-corrected chi connectivity index (χ2v) is 8.15. The molecule has 0 aliphatic rings. The minimum Gasteiger partial charge on any atom is -0.481 e. The molecule has 112 valence electrons. The van der Waals surface area contributed by atoms with E-state index in [0.29, 0.717) is 12.2 Å². The maximum Gasteiger partial charge on any atom is 0.307 e. The maximum absolute atomic E-state index is 11.5. The van der Waals surface area contributed by atoms with Crippen molar-refractivity contribution < 1.29 is 9.90 Å². The van der Waals surface area contributed by atoms with Gasteiger partial charge in [-0.3, -0.25) is 4.79 Å². The molecule has 2 nitrogen and oxygen atoms in total. The third-order valence-electron chi connectivity index (χ3n) is 3.41.